The molecule has 0 saturated carbocycles. The van der Waals surface area contributed by atoms with Crippen molar-refractivity contribution in [3.63, 3.8) is 0 Å². The summed E-state index contributed by atoms with van der Waals surface area (Å²) in [5.74, 6) is 3.59. The molecule has 1 atom stereocenters. The van der Waals surface area contributed by atoms with E-state index in [-0.39, 0.29) is 5.91 Å². The molecule has 2 aliphatic heterocycles. The van der Waals surface area contributed by atoms with Crippen LogP contribution in [0.15, 0.2) is 12.4 Å². The topological polar surface area (TPSA) is 75.9 Å². The van der Waals surface area contributed by atoms with E-state index in [1.54, 1.807) is 4.52 Å². The van der Waals surface area contributed by atoms with Gasteiger partial charge in [-0.3, -0.25) is 4.79 Å². The zero-order valence-corrected chi connectivity index (χ0v) is 14.4. The molecule has 0 N–H and O–H groups in total. The molecular weight excluding hydrogens is 328 g/mol. The molecule has 0 bridgehead atoms. The third kappa shape index (κ3) is 2.93. The van der Waals surface area contributed by atoms with Crippen LogP contribution in [-0.4, -0.2) is 80.8 Å². The quantitative estimate of drug-likeness (QED) is 0.768. The van der Waals surface area contributed by atoms with Crippen molar-refractivity contribution in [3.05, 3.63) is 18.1 Å². The molecule has 2 aromatic heterocycles. The Labute approximate surface area is 144 Å². The number of ether oxygens (including phenoxy) is 1. The predicted molar refractivity (Wildman–Crippen MR) is 91.4 cm³/mol. The van der Waals surface area contributed by atoms with Crippen LogP contribution in [0, 0.1) is 6.92 Å². The summed E-state index contributed by atoms with van der Waals surface area (Å²) in [5, 5.41) is 4.26. The van der Waals surface area contributed by atoms with Gasteiger partial charge in [-0.25, -0.2) is 4.98 Å². The maximum absolute atomic E-state index is 12.7. The first-order valence-electron chi connectivity index (χ1n) is 8.13. The second kappa shape index (κ2) is 6.56. The van der Waals surface area contributed by atoms with Gasteiger partial charge in [-0.15, -0.1) is 0 Å². The minimum absolute atomic E-state index is 0.0978. The molecule has 0 aliphatic carbocycles. The minimum Gasteiger partial charge on any atom is -0.365 e. The SMILES string of the molecule is Cc1cc(N2CCOC(C(=O)N3CCSCC3)C2)n2ncnc2n1. The Kier molecular flexibility index (Phi) is 4.28. The number of thioether (sulfide) groups is 1. The lowest BCUT2D eigenvalue weighted by molar-refractivity contribution is -0.144. The highest BCUT2D eigenvalue weighted by molar-refractivity contribution is 7.99. The zero-order valence-electron chi connectivity index (χ0n) is 13.6. The van der Waals surface area contributed by atoms with Gasteiger partial charge >= 0.3 is 0 Å². The lowest BCUT2D eigenvalue weighted by Gasteiger charge is -2.37. The number of amides is 1. The highest BCUT2D eigenvalue weighted by Gasteiger charge is 2.32. The van der Waals surface area contributed by atoms with Crippen LogP contribution in [0.1, 0.15) is 5.69 Å². The summed E-state index contributed by atoms with van der Waals surface area (Å²) in [6.07, 6.45) is 1.08. The van der Waals surface area contributed by atoms with Crippen LogP contribution in [0.25, 0.3) is 5.78 Å². The number of carbonyl (C=O) groups excluding carboxylic acids is 1. The molecule has 24 heavy (non-hydrogen) atoms. The van der Waals surface area contributed by atoms with Crippen LogP contribution in [0.3, 0.4) is 0 Å². The first-order valence-corrected chi connectivity index (χ1v) is 9.28. The smallest absolute Gasteiger partial charge is 0.254 e. The van der Waals surface area contributed by atoms with Crippen molar-refractivity contribution in [2.45, 2.75) is 13.0 Å². The molecule has 0 aromatic carbocycles. The van der Waals surface area contributed by atoms with Gasteiger partial charge in [-0.1, -0.05) is 0 Å². The van der Waals surface area contributed by atoms with Gasteiger partial charge in [0.05, 0.1) is 13.2 Å². The second-order valence-electron chi connectivity index (χ2n) is 5.97. The van der Waals surface area contributed by atoms with Gasteiger partial charge in [0, 0.05) is 42.9 Å². The molecule has 2 fully saturated rings. The number of hydrogen-bond donors (Lipinski definition) is 0. The average molecular weight is 348 g/mol. The number of rotatable bonds is 2. The van der Waals surface area contributed by atoms with E-state index in [2.05, 4.69) is 20.0 Å². The first-order chi connectivity index (χ1) is 11.7. The number of morpholine rings is 1. The third-order valence-electron chi connectivity index (χ3n) is 4.35. The molecule has 2 aliphatic rings. The number of fused-ring (bicyclic) bond motifs is 1. The fraction of sp³-hybridized carbons (Fsp3) is 0.600. The highest BCUT2D eigenvalue weighted by atomic mass is 32.2. The van der Waals surface area contributed by atoms with Gasteiger partial charge in [-0.05, 0) is 6.92 Å². The molecule has 0 radical (unpaired) electrons. The van der Waals surface area contributed by atoms with Crippen LogP contribution in [0.2, 0.25) is 0 Å². The Bertz CT molecular complexity index is 745. The Morgan fingerprint density at radius 1 is 1.33 bits per heavy atom. The normalized spacial score (nSPS) is 22.1. The molecule has 9 heteroatoms. The fourth-order valence-electron chi connectivity index (χ4n) is 3.13. The summed E-state index contributed by atoms with van der Waals surface area (Å²) >= 11 is 1.89. The van der Waals surface area contributed by atoms with E-state index in [9.17, 15) is 4.79 Å². The number of hydrogen-bond acceptors (Lipinski definition) is 7. The maximum Gasteiger partial charge on any atom is 0.254 e. The van der Waals surface area contributed by atoms with Gasteiger partial charge in [0.15, 0.2) is 6.10 Å². The lowest BCUT2D eigenvalue weighted by Crippen LogP contribution is -2.53. The van der Waals surface area contributed by atoms with Crippen LogP contribution < -0.4 is 4.90 Å². The molecule has 4 rings (SSSR count). The monoisotopic (exact) mass is 348 g/mol. The summed E-state index contributed by atoms with van der Waals surface area (Å²) in [4.78, 5) is 25.3. The molecule has 1 amide bonds. The van der Waals surface area contributed by atoms with Crippen molar-refractivity contribution < 1.29 is 9.53 Å². The number of aryl methyl sites for hydroxylation is 1. The van der Waals surface area contributed by atoms with Crippen molar-refractivity contribution in [2.24, 2.45) is 0 Å². The van der Waals surface area contributed by atoms with Gasteiger partial charge < -0.3 is 14.5 Å². The van der Waals surface area contributed by atoms with Crippen molar-refractivity contribution in [2.75, 3.05) is 49.2 Å². The summed E-state index contributed by atoms with van der Waals surface area (Å²) in [6, 6.07) is 1.98. The first kappa shape index (κ1) is 15.6. The Morgan fingerprint density at radius 2 is 2.17 bits per heavy atom. The van der Waals surface area contributed by atoms with Gasteiger partial charge in [0.2, 0.25) is 0 Å². The van der Waals surface area contributed by atoms with E-state index in [4.69, 9.17) is 4.74 Å². The van der Waals surface area contributed by atoms with Crippen LogP contribution in [0.4, 0.5) is 5.82 Å². The second-order valence-corrected chi connectivity index (χ2v) is 7.20. The molecule has 8 nitrogen and oxygen atoms in total. The standard InChI is InChI=1S/C15H20N6O2S/c1-11-8-13(21-15(18-11)16-10-17-21)20-2-5-23-12(9-20)14(22)19-3-6-24-7-4-19/h8,10,12H,2-7,9H2,1H3. The molecule has 2 saturated heterocycles. The van der Waals surface area contributed by atoms with Crippen molar-refractivity contribution in [3.8, 4) is 0 Å². The molecule has 128 valence electrons. The summed E-state index contributed by atoms with van der Waals surface area (Å²) in [7, 11) is 0. The molecule has 4 heterocycles. The van der Waals surface area contributed by atoms with Gasteiger partial charge in [0.1, 0.15) is 12.1 Å². The predicted octanol–water partition coefficient (Wildman–Crippen LogP) is 0.213. The van der Waals surface area contributed by atoms with E-state index in [0.29, 0.717) is 18.9 Å². The molecule has 1 unspecified atom stereocenters. The fourth-order valence-corrected chi connectivity index (χ4v) is 4.03. The number of aromatic nitrogens is 4. The van der Waals surface area contributed by atoms with Gasteiger partial charge in [0.25, 0.3) is 11.7 Å². The van der Waals surface area contributed by atoms with Crippen molar-refractivity contribution >= 4 is 29.3 Å². The van der Waals surface area contributed by atoms with Crippen LogP contribution >= 0.6 is 11.8 Å². The molecule has 0 spiro atoms. The molecular formula is C15H20N6O2S. The number of anilines is 1. The largest absolute Gasteiger partial charge is 0.365 e. The van der Waals surface area contributed by atoms with E-state index in [0.717, 1.165) is 42.7 Å². The van der Waals surface area contributed by atoms with Crippen LogP contribution in [0.5, 0.6) is 0 Å². The highest BCUT2D eigenvalue weighted by Crippen LogP contribution is 2.20. The lowest BCUT2D eigenvalue weighted by atomic mass is 10.2. The Balaban J connectivity index is 1.55. The number of nitrogens with zero attached hydrogens (tertiary/aromatic N) is 6. The minimum atomic E-state index is -0.422. The van der Waals surface area contributed by atoms with Gasteiger partial charge in [-0.2, -0.15) is 26.4 Å². The summed E-state index contributed by atoms with van der Waals surface area (Å²) in [6.45, 7) is 5.33. The van der Waals surface area contributed by atoms with E-state index < -0.39 is 6.10 Å². The van der Waals surface area contributed by atoms with Crippen molar-refractivity contribution in [1.29, 1.82) is 0 Å². The van der Waals surface area contributed by atoms with Crippen molar-refractivity contribution in [1.82, 2.24) is 24.5 Å². The van der Waals surface area contributed by atoms with Crippen LogP contribution in [-0.2, 0) is 9.53 Å². The Morgan fingerprint density at radius 3 is 3.00 bits per heavy atom. The molecule has 2 aromatic rings. The number of carbonyl (C=O) groups is 1. The van der Waals surface area contributed by atoms with E-state index in [1.807, 2.05) is 29.7 Å². The van der Waals surface area contributed by atoms with E-state index >= 15 is 0 Å². The maximum atomic E-state index is 12.7. The summed E-state index contributed by atoms with van der Waals surface area (Å²) < 4.78 is 7.49. The summed E-state index contributed by atoms with van der Waals surface area (Å²) in [5.41, 5.74) is 0.882. The average Bonchev–Trinajstić information content (AvgIpc) is 3.09. The van der Waals surface area contributed by atoms with E-state index in [1.165, 1.54) is 6.33 Å². The third-order valence-corrected chi connectivity index (χ3v) is 5.29. The Hall–Kier alpha value is -1.87. The zero-order chi connectivity index (χ0) is 16.5.